The van der Waals surface area contributed by atoms with E-state index in [-0.39, 0.29) is 0 Å². The fourth-order valence-corrected chi connectivity index (χ4v) is 3.14. The fourth-order valence-electron chi connectivity index (χ4n) is 3.14. The van der Waals surface area contributed by atoms with Gasteiger partial charge in [0.1, 0.15) is 0 Å². The van der Waals surface area contributed by atoms with Gasteiger partial charge in [0, 0.05) is 5.71 Å². The molecule has 1 heteroatoms. The van der Waals surface area contributed by atoms with Crippen molar-refractivity contribution in [2.24, 2.45) is 10.9 Å². The molecule has 0 unspecified atom stereocenters. The highest BCUT2D eigenvalue weighted by atomic mass is 14.8. The third-order valence-corrected chi connectivity index (χ3v) is 4.12. The molecule has 0 bridgehead atoms. The molecule has 1 aliphatic rings. The van der Waals surface area contributed by atoms with E-state index in [2.05, 4.69) is 39.8 Å². The Labute approximate surface area is 111 Å². The van der Waals surface area contributed by atoms with E-state index in [9.17, 15) is 0 Å². The lowest BCUT2D eigenvalue weighted by molar-refractivity contribution is 0.438. The van der Waals surface area contributed by atoms with E-state index < -0.39 is 0 Å². The second-order valence-corrected chi connectivity index (χ2v) is 5.84. The molecule has 0 atom stereocenters. The smallest absolute Gasteiger partial charge is 0.0687 e. The molecule has 0 saturated heterocycles. The normalized spacial score (nSPS) is 18.1. The largest absolute Gasteiger partial charge is 0.257 e. The van der Waals surface area contributed by atoms with Crippen molar-refractivity contribution in [1.82, 2.24) is 0 Å². The zero-order valence-corrected chi connectivity index (χ0v) is 12.2. The Morgan fingerprint density at radius 1 is 1.00 bits per heavy atom. The van der Waals surface area contributed by atoms with Gasteiger partial charge in [0.05, 0.1) is 5.69 Å². The molecule has 1 fully saturated rings. The van der Waals surface area contributed by atoms with Gasteiger partial charge in [-0.3, -0.25) is 4.99 Å². The Morgan fingerprint density at radius 2 is 1.56 bits per heavy atom. The maximum absolute atomic E-state index is 4.94. The molecule has 1 aromatic carbocycles. The summed E-state index contributed by atoms with van der Waals surface area (Å²) in [5.74, 6) is 0.721. The van der Waals surface area contributed by atoms with Crippen molar-refractivity contribution in [1.29, 1.82) is 0 Å². The molecule has 2 rings (SSSR count). The van der Waals surface area contributed by atoms with Gasteiger partial charge in [-0.15, -0.1) is 0 Å². The Morgan fingerprint density at radius 3 is 2.11 bits per heavy atom. The lowest BCUT2D eigenvalue weighted by Crippen LogP contribution is -2.14. The molecule has 1 nitrogen and oxygen atoms in total. The number of benzene rings is 1. The topological polar surface area (TPSA) is 12.4 Å². The number of aliphatic imine (C=N–C) groups is 1. The molecule has 18 heavy (non-hydrogen) atoms. The molecular weight excluding hydrogens is 218 g/mol. The summed E-state index contributed by atoms with van der Waals surface area (Å²) in [7, 11) is 0. The Bertz CT molecular complexity index is 428. The van der Waals surface area contributed by atoms with E-state index in [1.54, 1.807) is 0 Å². The van der Waals surface area contributed by atoms with Gasteiger partial charge in [-0.1, -0.05) is 37.0 Å². The first-order chi connectivity index (χ1) is 8.58. The van der Waals surface area contributed by atoms with Gasteiger partial charge in [0.2, 0.25) is 0 Å². The van der Waals surface area contributed by atoms with E-state index in [0.29, 0.717) is 0 Å². The molecule has 0 spiro atoms. The summed E-state index contributed by atoms with van der Waals surface area (Å²) in [4.78, 5) is 4.94. The van der Waals surface area contributed by atoms with Crippen LogP contribution < -0.4 is 0 Å². The quantitative estimate of drug-likeness (QED) is 0.626. The van der Waals surface area contributed by atoms with Crippen LogP contribution in [0.1, 0.15) is 55.7 Å². The highest BCUT2D eigenvalue weighted by Crippen LogP contribution is 2.29. The monoisotopic (exact) mass is 243 g/mol. The molecule has 0 N–H and O–H groups in total. The maximum Gasteiger partial charge on any atom is 0.0687 e. The van der Waals surface area contributed by atoms with E-state index in [0.717, 1.165) is 5.92 Å². The van der Waals surface area contributed by atoms with Gasteiger partial charge < -0.3 is 0 Å². The van der Waals surface area contributed by atoms with Crippen molar-refractivity contribution in [2.45, 2.75) is 59.8 Å². The summed E-state index contributed by atoms with van der Waals surface area (Å²) >= 11 is 0. The standard InChI is InChI=1S/C17H25N/c1-12-10-13(2)17(14(3)11-12)18-15(4)16-8-6-5-7-9-16/h10-11,16H,5-9H2,1-4H3. The van der Waals surface area contributed by atoms with Crippen LogP contribution in [0.4, 0.5) is 5.69 Å². The maximum atomic E-state index is 4.94. The Hall–Kier alpha value is -1.11. The summed E-state index contributed by atoms with van der Waals surface area (Å²) < 4.78 is 0. The van der Waals surface area contributed by atoms with Gasteiger partial charge >= 0.3 is 0 Å². The molecule has 1 aromatic rings. The minimum atomic E-state index is 0.721. The first-order valence-corrected chi connectivity index (χ1v) is 7.21. The second-order valence-electron chi connectivity index (χ2n) is 5.84. The average Bonchev–Trinajstić information content (AvgIpc) is 2.34. The van der Waals surface area contributed by atoms with Crippen molar-refractivity contribution in [3.63, 3.8) is 0 Å². The summed E-state index contributed by atoms with van der Waals surface area (Å²) in [6.07, 6.45) is 6.83. The van der Waals surface area contributed by atoms with Crippen LogP contribution in [0, 0.1) is 26.7 Å². The van der Waals surface area contributed by atoms with Gasteiger partial charge in [-0.05, 0) is 57.6 Å². The molecule has 98 valence electrons. The van der Waals surface area contributed by atoms with Crippen molar-refractivity contribution >= 4 is 11.4 Å². The van der Waals surface area contributed by atoms with Crippen LogP contribution in [0.25, 0.3) is 0 Å². The van der Waals surface area contributed by atoms with Gasteiger partial charge in [0.25, 0.3) is 0 Å². The first-order valence-electron chi connectivity index (χ1n) is 7.21. The van der Waals surface area contributed by atoms with E-state index in [1.807, 2.05) is 0 Å². The minimum Gasteiger partial charge on any atom is -0.257 e. The summed E-state index contributed by atoms with van der Waals surface area (Å²) in [6.45, 7) is 8.72. The summed E-state index contributed by atoms with van der Waals surface area (Å²) in [6, 6.07) is 4.47. The average molecular weight is 243 g/mol. The highest BCUT2D eigenvalue weighted by Gasteiger charge is 2.16. The summed E-state index contributed by atoms with van der Waals surface area (Å²) in [5, 5.41) is 0. The molecule has 0 aromatic heterocycles. The Kier molecular flexibility index (Phi) is 4.21. The number of nitrogens with zero attached hydrogens (tertiary/aromatic N) is 1. The number of aryl methyl sites for hydroxylation is 3. The highest BCUT2D eigenvalue weighted by molar-refractivity contribution is 5.87. The molecule has 0 aliphatic heterocycles. The third-order valence-electron chi connectivity index (χ3n) is 4.12. The van der Waals surface area contributed by atoms with Crippen LogP contribution >= 0.6 is 0 Å². The van der Waals surface area contributed by atoms with Crippen LogP contribution in [0.15, 0.2) is 17.1 Å². The van der Waals surface area contributed by atoms with Crippen LogP contribution in [0.2, 0.25) is 0 Å². The zero-order valence-electron chi connectivity index (χ0n) is 12.2. The number of rotatable bonds is 2. The van der Waals surface area contributed by atoms with E-state index in [1.165, 1.54) is 60.2 Å². The minimum absolute atomic E-state index is 0.721. The van der Waals surface area contributed by atoms with E-state index in [4.69, 9.17) is 4.99 Å². The van der Waals surface area contributed by atoms with Crippen LogP contribution in [0.3, 0.4) is 0 Å². The zero-order chi connectivity index (χ0) is 13.1. The molecule has 0 amide bonds. The summed E-state index contributed by atoms with van der Waals surface area (Å²) in [5.41, 5.74) is 6.48. The van der Waals surface area contributed by atoms with Gasteiger partial charge in [-0.25, -0.2) is 0 Å². The van der Waals surface area contributed by atoms with Crippen molar-refractivity contribution in [2.75, 3.05) is 0 Å². The Balaban J connectivity index is 2.26. The second kappa shape index (κ2) is 5.69. The third kappa shape index (κ3) is 3.01. The molecule has 1 aliphatic carbocycles. The molecule has 0 radical (unpaired) electrons. The first kappa shape index (κ1) is 13.3. The number of hydrogen-bond donors (Lipinski definition) is 0. The van der Waals surface area contributed by atoms with E-state index >= 15 is 0 Å². The lowest BCUT2D eigenvalue weighted by atomic mass is 9.86. The van der Waals surface area contributed by atoms with Gasteiger partial charge in [-0.2, -0.15) is 0 Å². The van der Waals surface area contributed by atoms with Crippen LogP contribution in [0.5, 0.6) is 0 Å². The predicted molar refractivity (Wildman–Crippen MR) is 80.0 cm³/mol. The van der Waals surface area contributed by atoms with Crippen LogP contribution in [-0.2, 0) is 0 Å². The number of hydrogen-bond acceptors (Lipinski definition) is 1. The molecule has 1 saturated carbocycles. The van der Waals surface area contributed by atoms with Crippen molar-refractivity contribution in [3.05, 3.63) is 28.8 Å². The molecular formula is C17H25N. The molecule has 0 heterocycles. The van der Waals surface area contributed by atoms with Crippen molar-refractivity contribution in [3.8, 4) is 0 Å². The fraction of sp³-hybridized carbons (Fsp3) is 0.588. The van der Waals surface area contributed by atoms with Crippen molar-refractivity contribution < 1.29 is 0 Å². The predicted octanol–water partition coefficient (Wildman–Crippen LogP) is 5.28. The van der Waals surface area contributed by atoms with Gasteiger partial charge in [0.15, 0.2) is 0 Å². The van der Waals surface area contributed by atoms with Crippen LogP contribution in [-0.4, -0.2) is 5.71 Å². The SMILES string of the molecule is CC(=Nc1c(C)cc(C)cc1C)C1CCCCC1. The lowest BCUT2D eigenvalue weighted by Gasteiger charge is -2.21.